The predicted octanol–water partition coefficient (Wildman–Crippen LogP) is 3.11. The lowest BCUT2D eigenvalue weighted by molar-refractivity contribution is 0.0615. The van der Waals surface area contributed by atoms with Gasteiger partial charge in [0.25, 0.3) is 0 Å². The van der Waals surface area contributed by atoms with Crippen LogP contribution in [0.4, 0.5) is 0 Å². The highest BCUT2D eigenvalue weighted by molar-refractivity contribution is 9.10. The van der Waals surface area contributed by atoms with E-state index in [9.17, 15) is 0 Å². The maximum atomic E-state index is 6.25. The van der Waals surface area contributed by atoms with Crippen LogP contribution in [0.2, 0.25) is 0 Å². The lowest BCUT2D eigenvalue weighted by Crippen LogP contribution is -2.42. The predicted molar refractivity (Wildman–Crippen MR) is 71.0 cm³/mol. The van der Waals surface area contributed by atoms with Crippen LogP contribution < -0.4 is 10.5 Å². The molecule has 0 radical (unpaired) electrons. The van der Waals surface area contributed by atoms with Crippen molar-refractivity contribution in [1.29, 1.82) is 0 Å². The van der Waals surface area contributed by atoms with Crippen LogP contribution in [0, 0.1) is 0 Å². The largest absolute Gasteiger partial charge is 0.486 e. The van der Waals surface area contributed by atoms with Crippen LogP contribution in [0.3, 0.4) is 0 Å². The Kier molecular flexibility index (Phi) is 2.68. The smallest absolute Gasteiger partial charge is 0.126 e. The topological polar surface area (TPSA) is 35.2 Å². The molecule has 1 unspecified atom stereocenters. The van der Waals surface area contributed by atoms with Gasteiger partial charge in [0.15, 0.2) is 0 Å². The highest BCUT2D eigenvalue weighted by atomic mass is 79.9. The van der Waals surface area contributed by atoms with E-state index in [1.807, 2.05) is 23.9 Å². The lowest BCUT2D eigenvalue weighted by atomic mass is 9.87. The van der Waals surface area contributed by atoms with Gasteiger partial charge in [0.2, 0.25) is 0 Å². The van der Waals surface area contributed by atoms with Gasteiger partial charge in [0.1, 0.15) is 11.4 Å². The molecular weight excluding hydrogens is 286 g/mol. The molecule has 3 rings (SSSR count). The molecule has 2 N–H and O–H groups in total. The van der Waals surface area contributed by atoms with E-state index >= 15 is 0 Å². The number of nitrogens with two attached hydrogens (primary N) is 1. The molecule has 2 heterocycles. The minimum absolute atomic E-state index is 0.00211. The third-order valence-corrected chi connectivity index (χ3v) is 5.08. The summed E-state index contributed by atoms with van der Waals surface area (Å²) in [5.74, 6) is 3.23. The first-order valence-electron chi connectivity index (χ1n) is 5.50. The molecule has 1 saturated heterocycles. The average Bonchev–Trinajstić information content (AvgIpc) is 2.65. The van der Waals surface area contributed by atoms with E-state index < -0.39 is 0 Å². The quantitative estimate of drug-likeness (QED) is 0.799. The van der Waals surface area contributed by atoms with E-state index in [2.05, 4.69) is 22.0 Å². The summed E-state index contributed by atoms with van der Waals surface area (Å²) in [7, 11) is 0. The standard InChI is InChI=1S/C12H14BrNOS/c13-8-1-2-9-10(14)6-12(3-4-16-7-12)15-11(9)5-8/h1-2,5,10H,3-4,6-7,14H2/t10-,12?/m0/s1. The number of halogens is 1. The normalized spacial score (nSPS) is 32.5. The fourth-order valence-electron chi connectivity index (χ4n) is 2.52. The van der Waals surface area contributed by atoms with Gasteiger partial charge in [-0.25, -0.2) is 0 Å². The van der Waals surface area contributed by atoms with Crippen molar-refractivity contribution in [2.45, 2.75) is 24.5 Å². The van der Waals surface area contributed by atoms with Gasteiger partial charge in [-0.2, -0.15) is 11.8 Å². The van der Waals surface area contributed by atoms with Crippen LogP contribution >= 0.6 is 27.7 Å². The van der Waals surface area contributed by atoms with E-state index in [0.717, 1.165) is 34.4 Å². The van der Waals surface area contributed by atoms with E-state index in [-0.39, 0.29) is 11.6 Å². The number of thioether (sulfide) groups is 1. The fraction of sp³-hybridized carbons (Fsp3) is 0.500. The highest BCUT2D eigenvalue weighted by Gasteiger charge is 2.42. The number of hydrogen-bond donors (Lipinski definition) is 1. The van der Waals surface area contributed by atoms with Crippen molar-refractivity contribution < 1.29 is 4.74 Å². The second kappa shape index (κ2) is 3.93. The maximum Gasteiger partial charge on any atom is 0.126 e. The molecule has 0 amide bonds. The Labute approximate surface area is 108 Å². The van der Waals surface area contributed by atoms with E-state index in [1.165, 1.54) is 5.75 Å². The molecule has 2 nitrogen and oxygen atoms in total. The molecule has 2 aliphatic heterocycles. The summed E-state index contributed by atoms with van der Waals surface area (Å²) in [6.07, 6.45) is 2.08. The minimum Gasteiger partial charge on any atom is -0.486 e. The molecule has 0 bridgehead atoms. The zero-order valence-electron chi connectivity index (χ0n) is 8.91. The van der Waals surface area contributed by atoms with Crippen LogP contribution in [-0.4, -0.2) is 17.1 Å². The van der Waals surface area contributed by atoms with E-state index in [4.69, 9.17) is 10.5 Å². The zero-order chi connectivity index (χ0) is 11.2. The molecule has 0 saturated carbocycles. The number of rotatable bonds is 0. The van der Waals surface area contributed by atoms with Crippen molar-refractivity contribution in [3.63, 3.8) is 0 Å². The van der Waals surface area contributed by atoms with Gasteiger partial charge in [0.05, 0.1) is 0 Å². The molecule has 1 fully saturated rings. The van der Waals surface area contributed by atoms with E-state index in [1.54, 1.807) is 0 Å². The summed E-state index contributed by atoms with van der Waals surface area (Å²) < 4.78 is 7.26. The Bertz CT molecular complexity index is 417. The molecule has 16 heavy (non-hydrogen) atoms. The molecule has 1 aromatic carbocycles. The van der Waals surface area contributed by atoms with Crippen molar-refractivity contribution >= 4 is 27.7 Å². The van der Waals surface area contributed by atoms with Gasteiger partial charge < -0.3 is 10.5 Å². The molecule has 86 valence electrons. The van der Waals surface area contributed by atoms with Gasteiger partial charge in [-0.15, -0.1) is 0 Å². The Morgan fingerprint density at radius 1 is 1.50 bits per heavy atom. The molecule has 2 atom stereocenters. The number of ether oxygens (including phenoxy) is 1. The Morgan fingerprint density at radius 2 is 2.38 bits per heavy atom. The summed E-state index contributed by atoms with van der Waals surface area (Å²) in [5, 5.41) is 0. The van der Waals surface area contributed by atoms with Crippen molar-refractivity contribution in [2.24, 2.45) is 5.73 Å². The Hall–Kier alpha value is -0.190. The maximum absolute atomic E-state index is 6.25. The van der Waals surface area contributed by atoms with Crippen LogP contribution in [0.25, 0.3) is 0 Å². The first kappa shape index (κ1) is 10.9. The van der Waals surface area contributed by atoms with Crippen molar-refractivity contribution in [2.75, 3.05) is 11.5 Å². The molecule has 0 aromatic heterocycles. The molecule has 1 aromatic rings. The summed E-state index contributed by atoms with van der Waals surface area (Å²) in [4.78, 5) is 0. The van der Waals surface area contributed by atoms with Crippen LogP contribution in [0.1, 0.15) is 24.4 Å². The summed E-state index contributed by atoms with van der Waals surface area (Å²) in [6.45, 7) is 0. The number of hydrogen-bond acceptors (Lipinski definition) is 3. The van der Waals surface area contributed by atoms with Crippen molar-refractivity contribution in [3.05, 3.63) is 28.2 Å². The van der Waals surface area contributed by atoms with Crippen LogP contribution in [-0.2, 0) is 0 Å². The first-order valence-corrected chi connectivity index (χ1v) is 7.45. The molecule has 4 heteroatoms. The number of fused-ring (bicyclic) bond motifs is 1. The van der Waals surface area contributed by atoms with Crippen LogP contribution in [0.5, 0.6) is 5.75 Å². The second-order valence-electron chi connectivity index (χ2n) is 4.58. The van der Waals surface area contributed by atoms with Crippen molar-refractivity contribution in [3.8, 4) is 5.75 Å². The monoisotopic (exact) mass is 299 g/mol. The summed E-state index contributed by atoms with van der Waals surface area (Å²) in [5.41, 5.74) is 7.39. The molecule has 2 aliphatic rings. The average molecular weight is 300 g/mol. The fourth-order valence-corrected chi connectivity index (χ4v) is 4.21. The molecule has 0 aliphatic carbocycles. The Morgan fingerprint density at radius 3 is 3.12 bits per heavy atom. The highest BCUT2D eigenvalue weighted by Crippen LogP contribution is 2.45. The summed E-state index contributed by atoms with van der Waals surface area (Å²) in [6, 6.07) is 6.26. The minimum atomic E-state index is -0.00211. The SMILES string of the molecule is N[C@H]1CC2(CCSC2)Oc2cc(Br)ccc21. The summed E-state index contributed by atoms with van der Waals surface area (Å²) >= 11 is 5.45. The van der Waals surface area contributed by atoms with Crippen LogP contribution in [0.15, 0.2) is 22.7 Å². The molecular formula is C12H14BrNOS. The van der Waals surface area contributed by atoms with Gasteiger partial charge in [-0.1, -0.05) is 22.0 Å². The number of benzene rings is 1. The first-order chi connectivity index (χ1) is 7.69. The third kappa shape index (κ3) is 1.77. The van der Waals surface area contributed by atoms with Crippen molar-refractivity contribution in [1.82, 2.24) is 0 Å². The molecule has 1 spiro atoms. The van der Waals surface area contributed by atoms with Gasteiger partial charge in [-0.05, 0) is 24.3 Å². The van der Waals surface area contributed by atoms with E-state index in [0.29, 0.717) is 0 Å². The zero-order valence-corrected chi connectivity index (χ0v) is 11.3. The second-order valence-corrected chi connectivity index (χ2v) is 6.60. The van der Waals surface area contributed by atoms with Gasteiger partial charge in [-0.3, -0.25) is 0 Å². The lowest BCUT2D eigenvalue weighted by Gasteiger charge is -2.38. The third-order valence-electron chi connectivity index (χ3n) is 3.36. The van der Waals surface area contributed by atoms with Gasteiger partial charge in [0, 0.05) is 28.3 Å². The van der Waals surface area contributed by atoms with Gasteiger partial charge >= 0.3 is 0 Å². The Balaban J connectivity index is 2.00.